The first-order valence-corrected chi connectivity index (χ1v) is 6.94. The summed E-state index contributed by atoms with van der Waals surface area (Å²) in [7, 11) is 0. The molecule has 6 heteroatoms. The van der Waals surface area contributed by atoms with Crippen LogP contribution in [-0.4, -0.2) is 24.0 Å². The monoisotopic (exact) mass is 276 g/mol. The quantitative estimate of drug-likeness (QED) is 0.361. The van der Waals surface area contributed by atoms with Crippen LogP contribution in [0, 0.1) is 16.0 Å². The number of nitro benzene ring substituents is 1. The number of guanidine groups is 1. The van der Waals surface area contributed by atoms with Gasteiger partial charge >= 0.3 is 0 Å². The average molecular weight is 276 g/mol. The largest absolute Gasteiger partial charge is 0.357 e. The predicted molar refractivity (Wildman–Crippen MR) is 78.6 cm³/mol. The van der Waals surface area contributed by atoms with Crippen molar-refractivity contribution in [2.24, 2.45) is 10.9 Å². The Labute approximate surface area is 118 Å². The van der Waals surface area contributed by atoms with E-state index in [4.69, 9.17) is 0 Å². The van der Waals surface area contributed by atoms with Gasteiger partial charge in [-0.1, -0.05) is 12.1 Å². The summed E-state index contributed by atoms with van der Waals surface area (Å²) in [6.45, 7) is 4.32. The van der Waals surface area contributed by atoms with Crippen LogP contribution in [0.3, 0.4) is 0 Å². The zero-order chi connectivity index (χ0) is 14.4. The summed E-state index contributed by atoms with van der Waals surface area (Å²) in [5.41, 5.74) is 1.07. The second-order valence-electron chi connectivity index (χ2n) is 4.94. The second-order valence-corrected chi connectivity index (χ2v) is 4.94. The lowest BCUT2D eigenvalue weighted by Gasteiger charge is -2.10. The predicted octanol–water partition coefficient (Wildman–Crippen LogP) is 2.06. The zero-order valence-corrected chi connectivity index (χ0v) is 11.6. The fourth-order valence-corrected chi connectivity index (χ4v) is 1.80. The molecule has 0 saturated heterocycles. The first kappa shape index (κ1) is 14.3. The Morgan fingerprint density at radius 3 is 2.60 bits per heavy atom. The minimum Gasteiger partial charge on any atom is -0.357 e. The van der Waals surface area contributed by atoms with E-state index in [1.807, 2.05) is 6.92 Å². The number of nitro groups is 1. The Balaban J connectivity index is 1.90. The van der Waals surface area contributed by atoms with Gasteiger partial charge in [0.15, 0.2) is 5.96 Å². The molecule has 1 aliphatic carbocycles. The van der Waals surface area contributed by atoms with Crippen molar-refractivity contribution in [3.05, 3.63) is 39.9 Å². The number of rotatable bonds is 6. The van der Waals surface area contributed by atoms with Crippen molar-refractivity contribution in [2.75, 3.05) is 13.1 Å². The van der Waals surface area contributed by atoms with Crippen molar-refractivity contribution >= 4 is 11.6 Å². The van der Waals surface area contributed by atoms with Crippen LogP contribution in [-0.2, 0) is 6.54 Å². The molecule has 1 aromatic carbocycles. The lowest BCUT2D eigenvalue weighted by molar-refractivity contribution is -0.384. The van der Waals surface area contributed by atoms with Crippen LogP contribution >= 0.6 is 0 Å². The van der Waals surface area contributed by atoms with E-state index >= 15 is 0 Å². The average Bonchev–Trinajstić information content (AvgIpc) is 3.26. The fraction of sp³-hybridized carbons (Fsp3) is 0.500. The Morgan fingerprint density at radius 1 is 1.35 bits per heavy atom. The third-order valence-corrected chi connectivity index (χ3v) is 3.17. The number of non-ortho nitro benzene ring substituents is 1. The lowest BCUT2D eigenvalue weighted by Crippen LogP contribution is -2.38. The van der Waals surface area contributed by atoms with Crippen LogP contribution in [0.15, 0.2) is 29.3 Å². The van der Waals surface area contributed by atoms with Gasteiger partial charge in [-0.05, 0) is 31.2 Å². The molecule has 2 N–H and O–H groups in total. The van der Waals surface area contributed by atoms with Gasteiger partial charge in [-0.3, -0.25) is 10.1 Å². The maximum atomic E-state index is 10.6. The summed E-state index contributed by atoms with van der Waals surface area (Å²) >= 11 is 0. The molecule has 0 spiro atoms. The smallest absolute Gasteiger partial charge is 0.269 e. The van der Waals surface area contributed by atoms with E-state index in [-0.39, 0.29) is 5.69 Å². The molecule has 0 heterocycles. The molecule has 1 saturated carbocycles. The molecule has 1 fully saturated rings. The topological polar surface area (TPSA) is 79.6 Å². The fourth-order valence-electron chi connectivity index (χ4n) is 1.80. The number of nitrogens with one attached hydrogen (secondary N) is 2. The maximum absolute atomic E-state index is 10.6. The molecule has 0 aliphatic heterocycles. The Hall–Kier alpha value is -2.11. The van der Waals surface area contributed by atoms with Gasteiger partial charge in [0.1, 0.15) is 0 Å². The highest BCUT2D eigenvalue weighted by Gasteiger charge is 2.20. The third-order valence-electron chi connectivity index (χ3n) is 3.17. The van der Waals surface area contributed by atoms with Crippen molar-refractivity contribution in [1.29, 1.82) is 0 Å². The van der Waals surface area contributed by atoms with Gasteiger partial charge in [0.2, 0.25) is 0 Å². The van der Waals surface area contributed by atoms with Crippen LogP contribution in [0.25, 0.3) is 0 Å². The summed E-state index contributed by atoms with van der Waals surface area (Å²) < 4.78 is 0. The standard InChI is InChI=1S/C14H20N4O2/c1-2-15-14(16-9-11-3-4-11)17-10-12-5-7-13(8-6-12)18(19)20/h5-8,11H,2-4,9-10H2,1H3,(H2,15,16,17). The van der Waals surface area contributed by atoms with E-state index in [0.29, 0.717) is 6.54 Å². The van der Waals surface area contributed by atoms with Crippen molar-refractivity contribution in [2.45, 2.75) is 26.3 Å². The van der Waals surface area contributed by atoms with Crippen molar-refractivity contribution in [3.8, 4) is 0 Å². The number of nitrogens with zero attached hydrogens (tertiary/aromatic N) is 2. The van der Waals surface area contributed by atoms with E-state index in [9.17, 15) is 10.1 Å². The maximum Gasteiger partial charge on any atom is 0.269 e. The first-order chi connectivity index (χ1) is 9.69. The zero-order valence-electron chi connectivity index (χ0n) is 11.6. The van der Waals surface area contributed by atoms with Crippen molar-refractivity contribution in [3.63, 3.8) is 0 Å². The van der Waals surface area contributed by atoms with Gasteiger partial charge in [0.05, 0.1) is 11.5 Å². The molecule has 108 valence electrons. The summed E-state index contributed by atoms with van der Waals surface area (Å²) in [6.07, 6.45) is 2.60. The third kappa shape index (κ3) is 4.53. The second kappa shape index (κ2) is 6.88. The number of hydrogen-bond acceptors (Lipinski definition) is 3. The highest BCUT2D eigenvalue weighted by Crippen LogP contribution is 2.27. The Morgan fingerprint density at radius 2 is 2.05 bits per heavy atom. The molecule has 0 atom stereocenters. The van der Waals surface area contributed by atoms with Crippen molar-refractivity contribution < 1.29 is 4.92 Å². The summed E-state index contributed by atoms with van der Waals surface area (Å²) in [5.74, 6) is 1.59. The number of aliphatic imine (C=N–C) groups is 1. The van der Waals surface area contributed by atoms with Crippen LogP contribution in [0.5, 0.6) is 0 Å². The molecule has 0 aromatic heterocycles. The molecule has 0 bridgehead atoms. The molecule has 1 aromatic rings. The van der Waals surface area contributed by atoms with E-state index in [1.165, 1.54) is 25.0 Å². The van der Waals surface area contributed by atoms with Gasteiger partial charge in [-0.25, -0.2) is 4.99 Å². The SMILES string of the molecule is CCNC(=NCc1ccc([N+](=O)[O-])cc1)NCC1CC1. The number of benzene rings is 1. The molecular weight excluding hydrogens is 256 g/mol. The summed E-state index contributed by atoms with van der Waals surface area (Å²) in [5, 5.41) is 17.1. The molecule has 20 heavy (non-hydrogen) atoms. The Bertz CT molecular complexity index is 480. The van der Waals surface area contributed by atoms with E-state index in [0.717, 1.165) is 30.5 Å². The molecule has 2 rings (SSSR count). The molecule has 6 nitrogen and oxygen atoms in total. The molecule has 0 amide bonds. The summed E-state index contributed by atoms with van der Waals surface area (Å²) in [6, 6.07) is 6.50. The molecular formula is C14H20N4O2. The van der Waals surface area contributed by atoms with Crippen LogP contribution in [0.4, 0.5) is 5.69 Å². The lowest BCUT2D eigenvalue weighted by atomic mass is 10.2. The van der Waals surface area contributed by atoms with Gasteiger partial charge < -0.3 is 10.6 Å². The highest BCUT2D eigenvalue weighted by molar-refractivity contribution is 5.79. The minimum absolute atomic E-state index is 0.108. The van der Waals surface area contributed by atoms with Gasteiger partial charge in [-0.15, -0.1) is 0 Å². The summed E-state index contributed by atoms with van der Waals surface area (Å²) in [4.78, 5) is 14.7. The van der Waals surface area contributed by atoms with E-state index in [1.54, 1.807) is 12.1 Å². The molecule has 0 radical (unpaired) electrons. The number of hydrogen-bond donors (Lipinski definition) is 2. The van der Waals surface area contributed by atoms with Gasteiger partial charge in [0.25, 0.3) is 5.69 Å². The normalized spacial score (nSPS) is 14.9. The van der Waals surface area contributed by atoms with Crippen molar-refractivity contribution in [1.82, 2.24) is 10.6 Å². The van der Waals surface area contributed by atoms with Crippen LogP contribution < -0.4 is 10.6 Å². The van der Waals surface area contributed by atoms with E-state index in [2.05, 4.69) is 15.6 Å². The van der Waals surface area contributed by atoms with E-state index < -0.39 is 4.92 Å². The highest BCUT2D eigenvalue weighted by atomic mass is 16.6. The van der Waals surface area contributed by atoms with Gasteiger partial charge in [-0.2, -0.15) is 0 Å². The van der Waals surface area contributed by atoms with Crippen LogP contribution in [0.1, 0.15) is 25.3 Å². The first-order valence-electron chi connectivity index (χ1n) is 6.94. The Kier molecular flexibility index (Phi) is 4.92. The van der Waals surface area contributed by atoms with Crippen LogP contribution in [0.2, 0.25) is 0 Å². The minimum atomic E-state index is -0.395. The molecule has 0 unspecified atom stereocenters. The van der Waals surface area contributed by atoms with Gasteiger partial charge in [0, 0.05) is 25.2 Å². The molecule has 1 aliphatic rings.